The Morgan fingerprint density at radius 3 is 2.33 bits per heavy atom. The third kappa shape index (κ3) is 3.20. The number of hydrogen-bond donors (Lipinski definition) is 1. The molecule has 2 atom stereocenters. The molecule has 5 heteroatoms. The van der Waals surface area contributed by atoms with Crippen LogP contribution in [0, 0.1) is 0 Å². The lowest BCUT2D eigenvalue weighted by Crippen LogP contribution is -2.46. The van der Waals surface area contributed by atoms with E-state index in [0.717, 1.165) is 5.56 Å². The summed E-state index contributed by atoms with van der Waals surface area (Å²) in [7, 11) is -1.97. The van der Waals surface area contributed by atoms with Gasteiger partial charge in [-0.1, -0.05) is 51.1 Å². The van der Waals surface area contributed by atoms with Gasteiger partial charge in [-0.2, -0.15) is 0 Å². The topological polar surface area (TPSA) is 55.6 Å². The highest BCUT2D eigenvalue weighted by Gasteiger charge is 2.46. The minimum atomic E-state index is -1.97. The molecule has 0 aromatic heterocycles. The molecule has 0 aliphatic carbocycles. The van der Waals surface area contributed by atoms with Gasteiger partial charge in [0.2, 0.25) is 0 Å². The van der Waals surface area contributed by atoms with Gasteiger partial charge in [0, 0.05) is 6.42 Å². The summed E-state index contributed by atoms with van der Waals surface area (Å²) in [4.78, 5) is 12.4. The molecule has 4 nitrogen and oxygen atoms in total. The summed E-state index contributed by atoms with van der Waals surface area (Å²) in [6.45, 7) is 10.8. The fraction of sp³-hybridized carbons (Fsp3) is 0.562. The molecule has 1 amide bonds. The Labute approximate surface area is 128 Å². The predicted molar refractivity (Wildman–Crippen MR) is 86.9 cm³/mol. The van der Waals surface area contributed by atoms with E-state index in [1.807, 2.05) is 30.3 Å². The molecular formula is C16H26N2O2Si. The summed E-state index contributed by atoms with van der Waals surface area (Å²) >= 11 is 0. The first-order valence-electron chi connectivity index (χ1n) is 7.44. The zero-order valence-corrected chi connectivity index (χ0v) is 14.6. The van der Waals surface area contributed by atoms with Crippen molar-refractivity contribution in [3.05, 3.63) is 35.9 Å². The quantitative estimate of drug-likeness (QED) is 0.530. The first-order chi connectivity index (χ1) is 9.63. The normalized spacial score (nSPS) is 23.7. The Bertz CT molecular complexity index is 511. The zero-order chi connectivity index (χ0) is 15.8. The van der Waals surface area contributed by atoms with Crippen molar-refractivity contribution in [3.63, 3.8) is 0 Å². The van der Waals surface area contributed by atoms with Crippen LogP contribution in [-0.2, 0) is 9.22 Å². The Morgan fingerprint density at radius 2 is 1.81 bits per heavy atom. The van der Waals surface area contributed by atoms with E-state index in [9.17, 15) is 4.79 Å². The first kappa shape index (κ1) is 16.2. The van der Waals surface area contributed by atoms with Crippen molar-refractivity contribution in [1.82, 2.24) is 5.01 Å². The van der Waals surface area contributed by atoms with Gasteiger partial charge in [-0.3, -0.25) is 9.80 Å². The maximum absolute atomic E-state index is 12.4. The number of rotatable bonds is 3. The maximum atomic E-state index is 12.4. The fourth-order valence-electron chi connectivity index (χ4n) is 2.34. The molecule has 0 saturated carbocycles. The molecule has 1 fully saturated rings. The molecule has 1 heterocycles. The van der Waals surface area contributed by atoms with Crippen LogP contribution in [0.3, 0.4) is 0 Å². The molecule has 2 N–H and O–H groups in total. The van der Waals surface area contributed by atoms with E-state index in [2.05, 4.69) is 33.9 Å². The molecule has 1 aliphatic heterocycles. The number of hydrazine groups is 1. The third-order valence-corrected chi connectivity index (χ3v) is 9.22. The van der Waals surface area contributed by atoms with Crippen molar-refractivity contribution < 1.29 is 9.22 Å². The lowest BCUT2D eigenvalue weighted by Gasteiger charge is -2.37. The molecule has 1 unspecified atom stereocenters. The molecular weight excluding hydrogens is 280 g/mol. The van der Waals surface area contributed by atoms with Gasteiger partial charge in [0.25, 0.3) is 5.91 Å². The van der Waals surface area contributed by atoms with E-state index >= 15 is 0 Å². The average molecular weight is 306 g/mol. The van der Waals surface area contributed by atoms with Crippen LogP contribution in [0.4, 0.5) is 0 Å². The second kappa shape index (κ2) is 5.55. The van der Waals surface area contributed by atoms with Crippen molar-refractivity contribution in [1.29, 1.82) is 0 Å². The Balaban J connectivity index is 2.16. The molecule has 0 spiro atoms. The Kier molecular flexibility index (Phi) is 4.28. The molecule has 2 rings (SSSR count). The molecule has 1 aromatic rings. The van der Waals surface area contributed by atoms with Crippen molar-refractivity contribution in [3.8, 4) is 0 Å². The van der Waals surface area contributed by atoms with Gasteiger partial charge >= 0.3 is 0 Å². The van der Waals surface area contributed by atoms with Crippen LogP contribution >= 0.6 is 0 Å². The minimum Gasteiger partial charge on any atom is -0.405 e. The molecule has 21 heavy (non-hydrogen) atoms. The van der Waals surface area contributed by atoms with E-state index in [4.69, 9.17) is 10.3 Å². The van der Waals surface area contributed by atoms with E-state index < -0.39 is 14.4 Å². The van der Waals surface area contributed by atoms with E-state index in [1.165, 1.54) is 5.01 Å². The summed E-state index contributed by atoms with van der Waals surface area (Å²) in [5.41, 5.74) is 1.06. The van der Waals surface area contributed by atoms with Crippen molar-refractivity contribution in [2.75, 3.05) is 0 Å². The predicted octanol–water partition coefficient (Wildman–Crippen LogP) is 3.22. The van der Waals surface area contributed by atoms with Gasteiger partial charge in [-0.15, -0.1) is 0 Å². The highest BCUT2D eigenvalue weighted by molar-refractivity contribution is 6.74. The van der Waals surface area contributed by atoms with Gasteiger partial charge in [-0.25, -0.2) is 5.84 Å². The van der Waals surface area contributed by atoms with Crippen molar-refractivity contribution in [2.45, 2.75) is 57.5 Å². The molecule has 0 radical (unpaired) electrons. The second-order valence-corrected chi connectivity index (χ2v) is 12.0. The molecule has 116 valence electrons. The van der Waals surface area contributed by atoms with Crippen molar-refractivity contribution in [2.24, 2.45) is 5.84 Å². The number of nitrogens with zero attached hydrogens (tertiary/aromatic N) is 1. The highest BCUT2D eigenvalue weighted by atomic mass is 28.4. The monoisotopic (exact) mass is 306 g/mol. The van der Waals surface area contributed by atoms with Gasteiger partial charge < -0.3 is 4.43 Å². The Morgan fingerprint density at radius 1 is 1.24 bits per heavy atom. The minimum absolute atomic E-state index is 0.0809. The second-order valence-electron chi connectivity index (χ2n) is 7.27. The van der Waals surface area contributed by atoms with Gasteiger partial charge in [-0.05, 0) is 23.7 Å². The number of hydrogen-bond acceptors (Lipinski definition) is 3. The number of amides is 1. The molecule has 0 bridgehead atoms. The van der Waals surface area contributed by atoms with Crippen LogP contribution in [0.1, 0.15) is 38.8 Å². The summed E-state index contributed by atoms with van der Waals surface area (Å²) < 4.78 is 6.27. The summed E-state index contributed by atoms with van der Waals surface area (Å²) in [5, 5.41) is 1.42. The van der Waals surface area contributed by atoms with Crippen LogP contribution in [0.25, 0.3) is 0 Å². The smallest absolute Gasteiger partial charge is 0.265 e. The van der Waals surface area contributed by atoms with Crippen LogP contribution in [0.2, 0.25) is 18.1 Å². The van der Waals surface area contributed by atoms with Crippen LogP contribution in [0.5, 0.6) is 0 Å². The first-order valence-corrected chi connectivity index (χ1v) is 10.3. The summed E-state index contributed by atoms with van der Waals surface area (Å²) in [5.74, 6) is 5.89. The average Bonchev–Trinajstić information content (AvgIpc) is 2.66. The molecule has 1 aromatic carbocycles. The van der Waals surface area contributed by atoms with Gasteiger partial charge in [0.15, 0.2) is 8.32 Å². The van der Waals surface area contributed by atoms with Crippen LogP contribution in [-0.4, -0.2) is 25.3 Å². The number of carbonyl (C=O) groups excluding carboxylic acids is 1. The van der Waals surface area contributed by atoms with Crippen LogP contribution < -0.4 is 5.84 Å². The number of carbonyl (C=O) groups is 1. The molecule has 1 aliphatic rings. The largest absolute Gasteiger partial charge is 0.405 e. The van der Waals surface area contributed by atoms with E-state index in [0.29, 0.717) is 6.42 Å². The zero-order valence-electron chi connectivity index (χ0n) is 13.6. The van der Waals surface area contributed by atoms with Crippen molar-refractivity contribution >= 4 is 14.2 Å². The molecule has 1 saturated heterocycles. The SMILES string of the molecule is CC(C)(C)[Si](C)(C)O[C@H]1CC(c2ccccc2)N(N)C1=O. The summed E-state index contributed by atoms with van der Waals surface area (Å²) in [6.07, 6.45) is 0.215. The number of nitrogens with two attached hydrogens (primary N) is 1. The lowest BCUT2D eigenvalue weighted by atomic mass is 10.0. The standard InChI is InChI=1S/C16H26N2O2Si/c1-16(2,3)21(4,5)20-14-11-13(18(17)15(14)19)12-9-7-6-8-10-12/h6-10,13-14H,11,17H2,1-5H3/t13?,14-/m0/s1. The van der Waals surface area contributed by atoms with E-state index in [-0.39, 0.29) is 17.0 Å². The van der Waals surface area contributed by atoms with Gasteiger partial charge in [0.05, 0.1) is 6.04 Å². The fourth-order valence-corrected chi connectivity index (χ4v) is 3.60. The lowest BCUT2D eigenvalue weighted by molar-refractivity contribution is -0.135. The summed E-state index contributed by atoms with van der Waals surface area (Å²) in [6, 6.07) is 9.82. The van der Waals surface area contributed by atoms with Crippen LogP contribution in [0.15, 0.2) is 30.3 Å². The third-order valence-electron chi connectivity index (χ3n) is 4.73. The van der Waals surface area contributed by atoms with E-state index in [1.54, 1.807) is 0 Å². The highest BCUT2D eigenvalue weighted by Crippen LogP contribution is 2.40. The Hall–Kier alpha value is -1.17. The number of benzene rings is 1. The maximum Gasteiger partial charge on any atom is 0.265 e. The van der Waals surface area contributed by atoms with Gasteiger partial charge in [0.1, 0.15) is 6.10 Å².